The molecule has 0 radical (unpaired) electrons. The molecule has 0 aromatic heterocycles. The Hall–Kier alpha value is -1.33. The molecule has 0 heterocycles. The molecule has 2 N–H and O–H groups in total. The number of nitrogens with one attached hydrogen (secondary N) is 2. The molecule has 1 fully saturated rings. The number of benzene rings is 1. The van der Waals surface area contributed by atoms with Crippen molar-refractivity contribution in [2.75, 3.05) is 18.9 Å². The van der Waals surface area contributed by atoms with Crippen LogP contribution in [0.1, 0.15) is 18.4 Å². The maximum Gasteiger partial charge on any atom is 0.240 e. The first-order valence-corrected chi connectivity index (χ1v) is 8.94. The predicted molar refractivity (Wildman–Crippen MR) is 84.8 cm³/mol. The molecule has 3 unspecified atom stereocenters. The SMILES string of the molecule is CNS(=O)(=O)c1cc(NCC2CC3C=CC2C3)ccc1C. The van der Waals surface area contributed by atoms with E-state index in [0.29, 0.717) is 16.7 Å². The first kappa shape index (κ1) is 14.6. The molecule has 114 valence electrons. The number of rotatable bonds is 5. The summed E-state index contributed by atoms with van der Waals surface area (Å²) in [7, 11) is -1.96. The Balaban J connectivity index is 1.72. The minimum Gasteiger partial charge on any atom is -0.385 e. The van der Waals surface area contributed by atoms with Gasteiger partial charge in [0.1, 0.15) is 0 Å². The second kappa shape index (κ2) is 5.46. The Morgan fingerprint density at radius 3 is 2.67 bits per heavy atom. The third-order valence-corrected chi connectivity index (χ3v) is 6.29. The summed E-state index contributed by atoms with van der Waals surface area (Å²) in [5.41, 5.74) is 1.64. The number of aryl methyl sites for hydroxylation is 1. The van der Waals surface area contributed by atoms with Gasteiger partial charge in [0.05, 0.1) is 4.90 Å². The predicted octanol–water partition coefficient (Wildman–Crippen LogP) is 2.53. The average molecular weight is 306 g/mol. The van der Waals surface area contributed by atoms with Gasteiger partial charge in [-0.2, -0.15) is 0 Å². The fraction of sp³-hybridized carbons (Fsp3) is 0.500. The molecule has 1 saturated carbocycles. The van der Waals surface area contributed by atoms with E-state index < -0.39 is 10.0 Å². The van der Waals surface area contributed by atoms with E-state index in [0.717, 1.165) is 23.7 Å². The first-order valence-electron chi connectivity index (χ1n) is 7.46. The highest BCUT2D eigenvalue weighted by atomic mass is 32.2. The lowest BCUT2D eigenvalue weighted by molar-refractivity contribution is 0.472. The minimum atomic E-state index is -3.40. The normalized spacial score (nSPS) is 27.2. The highest BCUT2D eigenvalue weighted by molar-refractivity contribution is 7.89. The zero-order valence-corrected chi connectivity index (χ0v) is 13.3. The van der Waals surface area contributed by atoms with Gasteiger partial charge in [-0.3, -0.25) is 0 Å². The second-order valence-corrected chi connectivity index (χ2v) is 7.96. The number of hydrogen-bond donors (Lipinski definition) is 2. The monoisotopic (exact) mass is 306 g/mol. The molecule has 1 aromatic carbocycles. The summed E-state index contributed by atoms with van der Waals surface area (Å²) < 4.78 is 26.4. The number of hydrogen-bond acceptors (Lipinski definition) is 3. The molecular weight excluding hydrogens is 284 g/mol. The van der Waals surface area contributed by atoms with Crippen molar-refractivity contribution in [3.05, 3.63) is 35.9 Å². The molecule has 0 spiro atoms. The standard InChI is InChI=1S/C16H22N2O2S/c1-11-3-6-15(9-16(11)21(19,20)17-2)18-10-14-8-12-4-5-13(14)7-12/h3-6,9,12-14,17-18H,7-8,10H2,1-2H3. The van der Waals surface area contributed by atoms with E-state index in [1.165, 1.54) is 19.9 Å². The van der Waals surface area contributed by atoms with E-state index in [4.69, 9.17) is 0 Å². The highest BCUT2D eigenvalue weighted by Gasteiger charge is 2.35. The van der Waals surface area contributed by atoms with Crippen molar-refractivity contribution in [2.24, 2.45) is 17.8 Å². The van der Waals surface area contributed by atoms with E-state index in [1.807, 2.05) is 19.1 Å². The van der Waals surface area contributed by atoms with Gasteiger partial charge >= 0.3 is 0 Å². The van der Waals surface area contributed by atoms with Crippen LogP contribution in [-0.2, 0) is 10.0 Å². The Bertz CT molecular complexity index is 667. The molecule has 1 aromatic rings. The Labute approximate surface area is 126 Å². The van der Waals surface area contributed by atoms with E-state index in [9.17, 15) is 8.42 Å². The third-order valence-electron chi connectivity index (χ3n) is 4.73. The lowest BCUT2D eigenvalue weighted by Crippen LogP contribution is -2.21. The van der Waals surface area contributed by atoms with E-state index >= 15 is 0 Å². The summed E-state index contributed by atoms with van der Waals surface area (Å²) >= 11 is 0. The number of allylic oxidation sites excluding steroid dienone is 2. The van der Waals surface area contributed by atoms with Crippen LogP contribution < -0.4 is 10.0 Å². The summed E-state index contributed by atoms with van der Waals surface area (Å²) in [6.45, 7) is 2.72. The van der Waals surface area contributed by atoms with Gasteiger partial charge in [-0.05, 0) is 62.3 Å². The van der Waals surface area contributed by atoms with Crippen molar-refractivity contribution in [1.29, 1.82) is 0 Å². The molecule has 3 rings (SSSR count). The molecule has 0 aliphatic heterocycles. The van der Waals surface area contributed by atoms with Crippen LogP contribution in [-0.4, -0.2) is 22.0 Å². The lowest BCUT2D eigenvalue weighted by atomic mass is 9.93. The smallest absolute Gasteiger partial charge is 0.240 e. The zero-order chi connectivity index (χ0) is 15.0. The van der Waals surface area contributed by atoms with Gasteiger partial charge < -0.3 is 5.32 Å². The summed E-state index contributed by atoms with van der Waals surface area (Å²) in [4.78, 5) is 0.350. The molecule has 0 saturated heterocycles. The van der Waals surface area contributed by atoms with Gasteiger partial charge in [0, 0.05) is 12.2 Å². The molecule has 2 aliphatic carbocycles. The topological polar surface area (TPSA) is 58.2 Å². The molecule has 21 heavy (non-hydrogen) atoms. The average Bonchev–Trinajstić information content (AvgIpc) is 3.08. The molecule has 2 aliphatic rings. The van der Waals surface area contributed by atoms with Gasteiger partial charge in [0.2, 0.25) is 10.0 Å². The Morgan fingerprint density at radius 2 is 2.05 bits per heavy atom. The number of anilines is 1. The van der Waals surface area contributed by atoms with E-state index in [2.05, 4.69) is 22.2 Å². The molecule has 5 heteroatoms. The molecule has 2 bridgehead atoms. The maximum atomic E-state index is 12.0. The van der Waals surface area contributed by atoms with Crippen molar-refractivity contribution in [3.8, 4) is 0 Å². The van der Waals surface area contributed by atoms with Gasteiger partial charge in [-0.15, -0.1) is 0 Å². The summed E-state index contributed by atoms with van der Waals surface area (Å²) in [5.74, 6) is 2.14. The lowest BCUT2D eigenvalue weighted by Gasteiger charge is -2.19. The quantitative estimate of drug-likeness (QED) is 0.822. The zero-order valence-electron chi connectivity index (χ0n) is 12.5. The molecule has 0 amide bonds. The second-order valence-electron chi connectivity index (χ2n) is 6.11. The number of sulfonamides is 1. The van der Waals surface area contributed by atoms with E-state index in [-0.39, 0.29) is 0 Å². The van der Waals surface area contributed by atoms with Crippen molar-refractivity contribution in [3.63, 3.8) is 0 Å². The van der Waals surface area contributed by atoms with Crippen LogP contribution in [0.4, 0.5) is 5.69 Å². The minimum absolute atomic E-state index is 0.350. The van der Waals surface area contributed by atoms with Crippen molar-refractivity contribution < 1.29 is 8.42 Å². The molecule has 3 atom stereocenters. The maximum absolute atomic E-state index is 12.0. The summed E-state index contributed by atoms with van der Waals surface area (Å²) in [5, 5.41) is 3.41. The largest absolute Gasteiger partial charge is 0.385 e. The highest BCUT2D eigenvalue weighted by Crippen LogP contribution is 2.43. The molecule has 4 nitrogen and oxygen atoms in total. The fourth-order valence-electron chi connectivity index (χ4n) is 3.49. The van der Waals surface area contributed by atoms with Gasteiger partial charge in [0.25, 0.3) is 0 Å². The van der Waals surface area contributed by atoms with Crippen LogP contribution in [0.2, 0.25) is 0 Å². The van der Waals surface area contributed by atoms with Crippen LogP contribution in [0.5, 0.6) is 0 Å². The summed E-state index contributed by atoms with van der Waals surface area (Å²) in [6, 6.07) is 5.53. The van der Waals surface area contributed by atoms with Gasteiger partial charge in [-0.25, -0.2) is 13.1 Å². The summed E-state index contributed by atoms with van der Waals surface area (Å²) in [6.07, 6.45) is 7.22. The van der Waals surface area contributed by atoms with Crippen LogP contribution in [0, 0.1) is 24.7 Å². The molecular formula is C16H22N2O2S. The van der Waals surface area contributed by atoms with Crippen LogP contribution in [0.3, 0.4) is 0 Å². The van der Waals surface area contributed by atoms with E-state index in [1.54, 1.807) is 6.07 Å². The van der Waals surface area contributed by atoms with Gasteiger partial charge in [0.15, 0.2) is 0 Å². The van der Waals surface area contributed by atoms with Crippen LogP contribution in [0.25, 0.3) is 0 Å². The fourth-order valence-corrected chi connectivity index (χ4v) is 4.48. The Morgan fingerprint density at radius 1 is 1.24 bits per heavy atom. The van der Waals surface area contributed by atoms with Gasteiger partial charge in [-0.1, -0.05) is 18.2 Å². The number of fused-ring (bicyclic) bond motifs is 2. The van der Waals surface area contributed by atoms with Crippen molar-refractivity contribution in [1.82, 2.24) is 4.72 Å². The van der Waals surface area contributed by atoms with Crippen molar-refractivity contribution >= 4 is 15.7 Å². The third kappa shape index (κ3) is 2.85. The first-order chi connectivity index (χ1) is 9.99. The Kier molecular flexibility index (Phi) is 3.80. The van der Waals surface area contributed by atoms with Crippen molar-refractivity contribution in [2.45, 2.75) is 24.7 Å². The van der Waals surface area contributed by atoms with Crippen LogP contribution >= 0.6 is 0 Å². The van der Waals surface area contributed by atoms with Crippen LogP contribution in [0.15, 0.2) is 35.2 Å².